The Morgan fingerprint density at radius 3 is 1.89 bits per heavy atom. The Morgan fingerprint density at radius 1 is 0.457 bits per heavy atom. The summed E-state index contributed by atoms with van der Waals surface area (Å²) in [4.78, 5) is 9.46. The minimum absolute atomic E-state index is 0.443. The molecule has 0 saturated carbocycles. The third-order valence-corrected chi connectivity index (χ3v) is 9.95. The lowest BCUT2D eigenvalue weighted by molar-refractivity contribution is 0.766. The van der Waals surface area contributed by atoms with E-state index in [1.807, 2.05) is 36.7 Å². The van der Waals surface area contributed by atoms with E-state index in [1.165, 1.54) is 55.6 Å². The van der Waals surface area contributed by atoms with E-state index in [0.29, 0.717) is 0 Å². The topological polar surface area (TPSA) is 30.7 Å². The molecule has 2 aliphatic rings. The molecule has 46 heavy (non-hydrogen) atoms. The zero-order valence-corrected chi connectivity index (χ0v) is 24.9. The number of rotatable bonds is 2. The van der Waals surface area contributed by atoms with E-state index in [2.05, 4.69) is 137 Å². The van der Waals surface area contributed by atoms with Crippen molar-refractivity contribution in [3.05, 3.63) is 185 Å². The Bertz CT molecular complexity index is 2490. The summed E-state index contributed by atoms with van der Waals surface area (Å²) in [6.07, 6.45) is 8.28. The van der Waals surface area contributed by atoms with Gasteiger partial charge in [0, 0.05) is 23.2 Å². The molecule has 0 amide bonds. The molecular formula is C43H27N3. The fraction of sp³-hybridized carbons (Fsp3) is 0.0233. The van der Waals surface area contributed by atoms with Crippen molar-refractivity contribution >= 4 is 34.1 Å². The number of fused-ring (bicyclic) bond motifs is 12. The second-order valence-electron chi connectivity index (χ2n) is 12.2. The fourth-order valence-corrected chi connectivity index (χ4v) is 8.07. The molecule has 2 aliphatic carbocycles. The van der Waals surface area contributed by atoms with Crippen LogP contribution in [0.2, 0.25) is 0 Å². The standard InChI is InChI=1S/C43H27N3/c1-4-14-36-28(10-1)18-19-29-20-21-31(27-39(29)43(36)37-15-5-2-11-32(37)33-12-3-6-16-38(33)43)30-22-23-40-35(26-30)34-13-9-25-45-42(34)46(40)41-17-7-8-24-44-41/h1-27H. The van der Waals surface area contributed by atoms with Gasteiger partial charge >= 0.3 is 0 Å². The Kier molecular flexibility index (Phi) is 5.20. The van der Waals surface area contributed by atoms with Gasteiger partial charge in [0.2, 0.25) is 0 Å². The number of hydrogen-bond acceptors (Lipinski definition) is 2. The van der Waals surface area contributed by atoms with Crippen LogP contribution in [-0.2, 0) is 5.41 Å². The summed E-state index contributed by atoms with van der Waals surface area (Å²) in [7, 11) is 0. The average Bonchev–Trinajstić information content (AvgIpc) is 3.56. The molecule has 0 saturated heterocycles. The average molecular weight is 586 g/mol. The summed E-state index contributed by atoms with van der Waals surface area (Å²) in [6, 6.07) is 50.9. The minimum Gasteiger partial charge on any atom is -0.278 e. The lowest BCUT2D eigenvalue weighted by atomic mass is 9.65. The van der Waals surface area contributed by atoms with Crippen molar-refractivity contribution in [2.45, 2.75) is 5.41 Å². The van der Waals surface area contributed by atoms with E-state index < -0.39 is 5.41 Å². The van der Waals surface area contributed by atoms with Gasteiger partial charge in [-0.25, -0.2) is 9.97 Å². The summed E-state index contributed by atoms with van der Waals surface area (Å²) in [5.41, 5.74) is 14.3. The van der Waals surface area contributed by atoms with Gasteiger partial charge in [-0.2, -0.15) is 0 Å². The molecule has 10 rings (SSSR count). The maximum atomic E-state index is 4.79. The molecule has 8 aromatic rings. The molecule has 0 bridgehead atoms. The number of pyridine rings is 2. The largest absolute Gasteiger partial charge is 0.278 e. The predicted octanol–water partition coefficient (Wildman–Crippen LogP) is 10.1. The zero-order chi connectivity index (χ0) is 30.2. The molecule has 0 atom stereocenters. The number of nitrogens with zero attached hydrogens (tertiary/aromatic N) is 3. The van der Waals surface area contributed by atoms with Crippen molar-refractivity contribution in [2.75, 3.05) is 0 Å². The van der Waals surface area contributed by atoms with Crippen LogP contribution < -0.4 is 0 Å². The highest BCUT2D eigenvalue weighted by Gasteiger charge is 2.48. The lowest BCUT2D eigenvalue weighted by Gasteiger charge is -2.35. The summed E-state index contributed by atoms with van der Waals surface area (Å²) < 4.78 is 2.16. The molecule has 0 N–H and O–H groups in total. The fourth-order valence-electron chi connectivity index (χ4n) is 8.07. The summed E-state index contributed by atoms with van der Waals surface area (Å²) in [5.74, 6) is 0.866. The van der Waals surface area contributed by atoms with Gasteiger partial charge in [0.25, 0.3) is 0 Å². The van der Waals surface area contributed by atoms with E-state index in [9.17, 15) is 0 Å². The van der Waals surface area contributed by atoms with Crippen LogP contribution in [0.4, 0.5) is 0 Å². The summed E-state index contributed by atoms with van der Waals surface area (Å²) in [6.45, 7) is 0. The van der Waals surface area contributed by atoms with E-state index >= 15 is 0 Å². The van der Waals surface area contributed by atoms with Crippen LogP contribution in [0.3, 0.4) is 0 Å². The van der Waals surface area contributed by atoms with Crippen molar-refractivity contribution in [3.8, 4) is 28.1 Å². The molecule has 3 aromatic heterocycles. The molecule has 0 unspecified atom stereocenters. The van der Waals surface area contributed by atoms with Gasteiger partial charge in [-0.3, -0.25) is 4.57 Å². The quantitative estimate of drug-likeness (QED) is 0.202. The maximum Gasteiger partial charge on any atom is 0.146 e. The normalized spacial score (nSPS) is 13.7. The first-order chi connectivity index (χ1) is 22.8. The third kappa shape index (κ3) is 3.32. The highest BCUT2D eigenvalue weighted by atomic mass is 15.1. The van der Waals surface area contributed by atoms with Crippen molar-refractivity contribution < 1.29 is 0 Å². The second kappa shape index (κ2) is 9.47. The summed E-state index contributed by atoms with van der Waals surface area (Å²) >= 11 is 0. The van der Waals surface area contributed by atoms with Crippen LogP contribution >= 0.6 is 0 Å². The third-order valence-electron chi connectivity index (χ3n) is 9.95. The molecule has 214 valence electrons. The Morgan fingerprint density at radius 2 is 1.11 bits per heavy atom. The zero-order valence-electron chi connectivity index (χ0n) is 24.9. The first-order valence-electron chi connectivity index (χ1n) is 15.7. The van der Waals surface area contributed by atoms with Crippen LogP contribution in [0.5, 0.6) is 0 Å². The van der Waals surface area contributed by atoms with Gasteiger partial charge in [0.05, 0.1) is 10.9 Å². The summed E-state index contributed by atoms with van der Waals surface area (Å²) in [5, 5.41) is 2.28. The molecule has 0 aliphatic heterocycles. The molecule has 3 heterocycles. The Balaban J connectivity index is 1.26. The van der Waals surface area contributed by atoms with Gasteiger partial charge in [-0.05, 0) is 98.1 Å². The highest BCUT2D eigenvalue weighted by Crippen LogP contribution is 2.58. The SMILES string of the molecule is C1=Cc2ccc(-c3ccc4c(c3)c3cccnc3n4-c3ccccn3)cc2C2(c3ccccc31)c1ccccc1-c1ccccc12. The molecule has 3 nitrogen and oxygen atoms in total. The molecule has 0 fully saturated rings. The van der Waals surface area contributed by atoms with Crippen LogP contribution in [0.15, 0.2) is 152 Å². The second-order valence-corrected chi connectivity index (χ2v) is 12.2. The van der Waals surface area contributed by atoms with Crippen molar-refractivity contribution in [1.82, 2.24) is 14.5 Å². The molecule has 3 heteroatoms. The van der Waals surface area contributed by atoms with E-state index in [-0.39, 0.29) is 0 Å². The molecule has 1 spiro atoms. The van der Waals surface area contributed by atoms with Gasteiger partial charge < -0.3 is 0 Å². The van der Waals surface area contributed by atoms with Crippen molar-refractivity contribution in [1.29, 1.82) is 0 Å². The van der Waals surface area contributed by atoms with E-state index in [4.69, 9.17) is 4.98 Å². The van der Waals surface area contributed by atoms with Gasteiger partial charge in [-0.1, -0.05) is 109 Å². The lowest BCUT2D eigenvalue weighted by Crippen LogP contribution is -2.30. The number of aromatic nitrogens is 3. The van der Waals surface area contributed by atoms with Crippen LogP contribution in [0.1, 0.15) is 33.4 Å². The van der Waals surface area contributed by atoms with Crippen LogP contribution in [-0.4, -0.2) is 14.5 Å². The number of benzene rings is 5. The van der Waals surface area contributed by atoms with Crippen molar-refractivity contribution in [2.24, 2.45) is 0 Å². The molecular weight excluding hydrogens is 558 g/mol. The van der Waals surface area contributed by atoms with Crippen LogP contribution in [0, 0.1) is 0 Å². The van der Waals surface area contributed by atoms with Crippen LogP contribution in [0.25, 0.3) is 62.2 Å². The van der Waals surface area contributed by atoms with Crippen molar-refractivity contribution in [3.63, 3.8) is 0 Å². The smallest absolute Gasteiger partial charge is 0.146 e. The highest BCUT2D eigenvalue weighted by molar-refractivity contribution is 6.09. The first-order valence-corrected chi connectivity index (χ1v) is 15.7. The maximum absolute atomic E-state index is 4.79. The molecule has 0 radical (unpaired) electrons. The van der Waals surface area contributed by atoms with Gasteiger partial charge in [0.1, 0.15) is 11.5 Å². The van der Waals surface area contributed by atoms with Gasteiger partial charge in [0.15, 0.2) is 0 Å². The monoisotopic (exact) mass is 585 g/mol. The van der Waals surface area contributed by atoms with E-state index in [1.54, 1.807) is 0 Å². The van der Waals surface area contributed by atoms with E-state index in [0.717, 1.165) is 27.8 Å². The Hall–Kier alpha value is -6.06. The number of hydrogen-bond donors (Lipinski definition) is 0. The predicted molar refractivity (Wildman–Crippen MR) is 188 cm³/mol. The van der Waals surface area contributed by atoms with Gasteiger partial charge in [-0.15, -0.1) is 0 Å². The first kappa shape index (κ1) is 25.3. The molecule has 5 aromatic carbocycles. The minimum atomic E-state index is -0.443. The Labute approximate surface area is 266 Å².